The van der Waals surface area contributed by atoms with Crippen molar-refractivity contribution in [2.75, 3.05) is 0 Å². The molecule has 1 rings (SSSR count). The second-order valence-electron chi connectivity index (χ2n) is 3.23. The van der Waals surface area contributed by atoms with Crippen molar-refractivity contribution in [2.24, 2.45) is 0 Å². The van der Waals surface area contributed by atoms with Gasteiger partial charge in [-0.2, -0.15) is 0 Å². The highest BCUT2D eigenvalue weighted by atomic mass is 16.4. The summed E-state index contributed by atoms with van der Waals surface area (Å²) in [5.74, 6) is -0.775. The van der Waals surface area contributed by atoms with Crippen LogP contribution in [0.5, 0.6) is 0 Å². The van der Waals surface area contributed by atoms with Crippen LogP contribution in [-0.2, 0) is 11.2 Å². The van der Waals surface area contributed by atoms with E-state index in [2.05, 4.69) is 11.6 Å². The third-order valence-corrected chi connectivity index (χ3v) is 2.22. The van der Waals surface area contributed by atoms with E-state index in [-0.39, 0.29) is 6.42 Å². The first-order valence-electron chi connectivity index (χ1n) is 4.86. The molecule has 2 N–H and O–H groups in total. The summed E-state index contributed by atoms with van der Waals surface area (Å²) in [4.78, 5) is 13.6. The molecule has 0 atom stereocenters. The van der Waals surface area contributed by atoms with Crippen LogP contribution >= 0.6 is 0 Å². The van der Waals surface area contributed by atoms with Gasteiger partial charge in [-0.05, 0) is 18.9 Å². The lowest BCUT2D eigenvalue weighted by atomic mass is 10.1. The van der Waals surface area contributed by atoms with Gasteiger partial charge in [0, 0.05) is 23.2 Å². The van der Waals surface area contributed by atoms with E-state index in [1.807, 2.05) is 25.3 Å². The van der Waals surface area contributed by atoms with Gasteiger partial charge in [-0.3, -0.25) is 4.79 Å². The van der Waals surface area contributed by atoms with E-state index in [0.717, 1.165) is 16.1 Å². The Morgan fingerprint density at radius 1 is 1.67 bits per heavy atom. The van der Waals surface area contributed by atoms with Crippen molar-refractivity contribution in [1.82, 2.24) is 4.98 Å². The first kappa shape index (κ1) is 11.3. The summed E-state index contributed by atoms with van der Waals surface area (Å²) in [6.07, 6.45) is 8.11. The van der Waals surface area contributed by atoms with Gasteiger partial charge in [-0.25, -0.2) is 0 Å². The summed E-state index contributed by atoms with van der Waals surface area (Å²) in [6, 6.07) is 0. The zero-order valence-electron chi connectivity index (χ0n) is 8.79. The standard InChI is InChI=1S/C12H15NO2/c1-3-5-10-9(6-7-12(14)15)8-13-11(10)4-2/h3-5,8,13H,1,6-7H2,2H3,(H,14,15)/b10-5-,11-4+. The molecule has 0 aliphatic rings. The van der Waals surface area contributed by atoms with Crippen molar-refractivity contribution in [3.05, 3.63) is 35.0 Å². The largest absolute Gasteiger partial charge is 0.481 e. The van der Waals surface area contributed by atoms with Crippen LogP contribution in [0.2, 0.25) is 0 Å². The molecular formula is C12H15NO2. The van der Waals surface area contributed by atoms with Crippen molar-refractivity contribution in [1.29, 1.82) is 0 Å². The highest BCUT2D eigenvalue weighted by molar-refractivity contribution is 5.67. The number of aliphatic carboxylic acids is 1. The van der Waals surface area contributed by atoms with E-state index in [0.29, 0.717) is 6.42 Å². The lowest BCUT2D eigenvalue weighted by Gasteiger charge is -1.92. The number of hydrogen-bond acceptors (Lipinski definition) is 1. The molecule has 0 aliphatic carbocycles. The minimum absolute atomic E-state index is 0.152. The number of nitrogens with one attached hydrogen (secondary N) is 1. The molecular weight excluding hydrogens is 190 g/mol. The predicted molar refractivity (Wildman–Crippen MR) is 60.8 cm³/mol. The third-order valence-electron chi connectivity index (χ3n) is 2.22. The maximum Gasteiger partial charge on any atom is 0.303 e. The van der Waals surface area contributed by atoms with E-state index in [1.165, 1.54) is 0 Å². The quantitative estimate of drug-likeness (QED) is 0.764. The van der Waals surface area contributed by atoms with Crippen molar-refractivity contribution in [3.8, 4) is 0 Å². The Balaban J connectivity index is 3.09. The molecule has 0 bridgehead atoms. The maximum absolute atomic E-state index is 10.5. The summed E-state index contributed by atoms with van der Waals surface area (Å²) < 4.78 is 0. The number of rotatable bonds is 4. The number of allylic oxidation sites excluding steroid dienone is 1. The van der Waals surface area contributed by atoms with E-state index in [1.54, 1.807) is 6.08 Å². The Morgan fingerprint density at radius 2 is 2.40 bits per heavy atom. The molecule has 3 heteroatoms. The van der Waals surface area contributed by atoms with Gasteiger partial charge in [0.05, 0.1) is 0 Å². The van der Waals surface area contributed by atoms with E-state index < -0.39 is 5.97 Å². The summed E-state index contributed by atoms with van der Waals surface area (Å²) >= 11 is 0. The Labute approximate surface area is 88.4 Å². The summed E-state index contributed by atoms with van der Waals surface area (Å²) in [7, 11) is 0. The Bertz CT molecular complexity index is 468. The second kappa shape index (κ2) is 5.20. The van der Waals surface area contributed by atoms with Crippen molar-refractivity contribution in [3.63, 3.8) is 0 Å². The summed E-state index contributed by atoms with van der Waals surface area (Å²) in [6.45, 7) is 5.59. The van der Waals surface area contributed by atoms with Crippen LogP contribution in [0.3, 0.4) is 0 Å². The number of carbonyl (C=O) groups is 1. The van der Waals surface area contributed by atoms with Gasteiger partial charge in [0.2, 0.25) is 0 Å². The number of aromatic amines is 1. The smallest absolute Gasteiger partial charge is 0.303 e. The first-order chi connectivity index (χ1) is 7.19. The number of H-pyrrole nitrogens is 1. The number of aryl methyl sites for hydroxylation is 1. The van der Waals surface area contributed by atoms with E-state index >= 15 is 0 Å². The van der Waals surface area contributed by atoms with Gasteiger partial charge in [-0.1, -0.05) is 24.8 Å². The van der Waals surface area contributed by atoms with Crippen LogP contribution in [0.15, 0.2) is 18.9 Å². The molecule has 0 unspecified atom stereocenters. The van der Waals surface area contributed by atoms with E-state index in [4.69, 9.17) is 5.11 Å². The van der Waals surface area contributed by atoms with Crippen LogP contribution < -0.4 is 10.6 Å². The summed E-state index contributed by atoms with van der Waals surface area (Å²) in [5, 5.41) is 10.7. The average molecular weight is 205 g/mol. The van der Waals surface area contributed by atoms with E-state index in [9.17, 15) is 4.79 Å². The minimum Gasteiger partial charge on any atom is -0.481 e. The Morgan fingerprint density at radius 3 is 2.93 bits per heavy atom. The fourth-order valence-electron chi connectivity index (χ4n) is 1.50. The molecule has 0 radical (unpaired) electrons. The Kier molecular flexibility index (Phi) is 3.92. The van der Waals surface area contributed by atoms with Gasteiger partial charge >= 0.3 is 5.97 Å². The molecule has 0 saturated heterocycles. The number of carboxylic acids is 1. The topological polar surface area (TPSA) is 53.1 Å². The number of carboxylic acid groups (broad SMARTS) is 1. The van der Waals surface area contributed by atoms with Crippen molar-refractivity contribution in [2.45, 2.75) is 19.8 Å². The molecule has 3 nitrogen and oxygen atoms in total. The third kappa shape index (κ3) is 2.84. The highest BCUT2D eigenvalue weighted by Crippen LogP contribution is 1.94. The first-order valence-corrected chi connectivity index (χ1v) is 4.86. The molecule has 80 valence electrons. The van der Waals surface area contributed by atoms with Crippen LogP contribution in [0.25, 0.3) is 12.2 Å². The van der Waals surface area contributed by atoms with Gasteiger partial charge in [-0.15, -0.1) is 0 Å². The van der Waals surface area contributed by atoms with Gasteiger partial charge in [0.15, 0.2) is 0 Å². The van der Waals surface area contributed by atoms with Gasteiger partial charge in [0.25, 0.3) is 0 Å². The molecule has 15 heavy (non-hydrogen) atoms. The molecule has 0 amide bonds. The lowest BCUT2D eigenvalue weighted by molar-refractivity contribution is -0.136. The predicted octanol–water partition coefficient (Wildman–Crippen LogP) is 0.799. The van der Waals surface area contributed by atoms with Crippen molar-refractivity contribution >= 4 is 18.1 Å². The number of hydrogen-bond donors (Lipinski definition) is 2. The second-order valence-corrected chi connectivity index (χ2v) is 3.23. The molecule has 0 aromatic carbocycles. The monoisotopic (exact) mass is 205 g/mol. The fourth-order valence-corrected chi connectivity index (χ4v) is 1.50. The summed E-state index contributed by atoms with van der Waals surface area (Å²) in [5.41, 5.74) is 1.02. The minimum atomic E-state index is -0.775. The normalized spacial score (nSPS) is 13.1. The SMILES string of the molecule is C=C/C=c1/c(CCC(=O)O)c[nH]/c1=C/C. The zero-order valence-corrected chi connectivity index (χ0v) is 8.79. The van der Waals surface area contributed by atoms with Crippen LogP contribution in [0, 0.1) is 0 Å². The molecule has 0 saturated carbocycles. The van der Waals surface area contributed by atoms with Gasteiger partial charge in [0.1, 0.15) is 0 Å². The molecule has 1 heterocycles. The molecule has 0 aliphatic heterocycles. The van der Waals surface area contributed by atoms with Crippen LogP contribution in [0.4, 0.5) is 0 Å². The van der Waals surface area contributed by atoms with Crippen molar-refractivity contribution < 1.29 is 9.90 Å². The molecule has 1 aromatic rings. The lowest BCUT2D eigenvalue weighted by Crippen LogP contribution is -2.24. The molecule has 0 spiro atoms. The van der Waals surface area contributed by atoms with Crippen LogP contribution in [0.1, 0.15) is 18.9 Å². The maximum atomic E-state index is 10.5. The average Bonchev–Trinajstić information content (AvgIpc) is 2.58. The van der Waals surface area contributed by atoms with Gasteiger partial charge < -0.3 is 10.1 Å². The highest BCUT2D eigenvalue weighted by Gasteiger charge is 2.02. The molecule has 1 aromatic heterocycles. The zero-order chi connectivity index (χ0) is 11.3. The fraction of sp³-hybridized carbons (Fsp3) is 0.250. The Hall–Kier alpha value is -1.77. The van der Waals surface area contributed by atoms with Crippen LogP contribution in [-0.4, -0.2) is 16.1 Å². The molecule has 0 fully saturated rings. The number of aromatic nitrogens is 1.